The summed E-state index contributed by atoms with van der Waals surface area (Å²) in [6.45, 7) is 0. The number of hydrogen-bond donors (Lipinski definition) is 2. The molecule has 0 aliphatic heterocycles. The molecule has 29 nitrogen and oxygen atoms in total. The monoisotopic (exact) mass is 1230 g/mol. The van der Waals surface area contributed by atoms with Gasteiger partial charge in [0.15, 0.2) is 11.4 Å². The number of non-ortho nitro benzene ring substituents is 1. The van der Waals surface area contributed by atoms with Gasteiger partial charge in [-0.2, -0.15) is 41.0 Å². The fraction of sp³-hybridized carbons (Fsp3) is 0. The van der Waals surface area contributed by atoms with Crippen molar-refractivity contribution in [3.63, 3.8) is 0 Å². The molecule has 0 bridgehead atoms. The van der Waals surface area contributed by atoms with Crippen molar-refractivity contribution in [2.24, 2.45) is 30.7 Å². The Labute approximate surface area is 554 Å². The first-order valence-electron chi connectivity index (χ1n) is 18.5. The minimum atomic E-state index is -5.65. The van der Waals surface area contributed by atoms with E-state index in [1.165, 1.54) is 60.7 Å². The van der Waals surface area contributed by atoms with Gasteiger partial charge >= 0.3 is 179 Å². The molecule has 0 saturated carbocycles. The normalized spacial score (nSPS) is 11.3. The number of phenolic OH excluding ortho intramolecular Hbond substituents is 1. The SMILES string of the molecule is Nc1c(N=Nc2ccc(N=Nc3ccccc3S(=O)(=O)[O-])c3c[c-]cc(OS(=O)(=O)c4ccccc4)c23)cc(S(=O)(=O)[O-])c2cc(S(=O)(=O)[O-])c(N=Nc3[c-]cc([N+](=O)[O-])cc3)c(O)c12.O=S(=O)=O.O=S(=O)=O.[Na+].[Na+].[Na+].[Na+].[Na+]. The van der Waals surface area contributed by atoms with Crippen LogP contribution < -0.4 is 158 Å². The van der Waals surface area contributed by atoms with Crippen LogP contribution in [0.3, 0.4) is 0 Å². The van der Waals surface area contributed by atoms with Crippen molar-refractivity contribution in [1.82, 2.24) is 0 Å². The smallest absolute Gasteiger partial charge is 0.744 e. The van der Waals surface area contributed by atoms with Crippen LogP contribution in [0.25, 0.3) is 21.5 Å². The molecule has 0 aliphatic carbocycles. The molecule has 0 heterocycles. The second-order valence-corrected chi connectivity index (χ2v) is 19.8. The third kappa shape index (κ3) is 19.9. The molecular formula is C38H21N8Na5O21S6. The molecule has 0 unspecified atom stereocenters. The molecule has 40 heteroatoms. The van der Waals surface area contributed by atoms with Crippen molar-refractivity contribution in [3.8, 4) is 11.5 Å². The summed E-state index contributed by atoms with van der Waals surface area (Å²) in [5, 5.41) is 44.0. The molecule has 0 aromatic heterocycles. The summed E-state index contributed by atoms with van der Waals surface area (Å²) < 4.78 is 194. The van der Waals surface area contributed by atoms with Crippen LogP contribution in [0.5, 0.6) is 11.5 Å². The average molecular weight is 1230 g/mol. The largest absolute Gasteiger partial charge is 1.00 e. The maximum absolute atomic E-state index is 13.4. The Morgan fingerprint density at radius 1 is 0.551 bits per heavy atom. The van der Waals surface area contributed by atoms with Crippen molar-refractivity contribution in [1.29, 1.82) is 0 Å². The molecular weight excluding hydrogens is 1210 g/mol. The first-order chi connectivity index (χ1) is 34.0. The number of nitrogens with zero attached hydrogens (tertiary/aromatic N) is 7. The number of rotatable bonds is 13. The summed E-state index contributed by atoms with van der Waals surface area (Å²) >= 11 is 0. The zero-order valence-electron chi connectivity index (χ0n) is 40.2. The van der Waals surface area contributed by atoms with E-state index in [0.717, 1.165) is 30.3 Å². The van der Waals surface area contributed by atoms with Crippen molar-refractivity contribution in [2.75, 3.05) is 5.73 Å². The molecule has 0 radical (unpaired) electrons. The van der Waals surface area contributed by atoms with Crippen molar-refractivity contribution >= 4 is 129 Å². The van der Waals surface area contributed by atoms with Gasteiger partial charge in [0, 0.05) is 21.7 Å². The van der Waals surface area contributed by atoms with E-state index in [9.17, 15) is 62.6 Å². The van der Waals surface area contributed by atoms with Gasteiger partial charge in [-0.1, -0.05) is 53.2 Å². The molecule has 0 amide bonds. The van der Waals surface area contributed by atoms with Crippen LogP contribution in [-0.4, -0.2) is 82.6 Å². The van der Waals surface area contributed by atoms with Crippen LogP contribution in [0.1, 0.15) is 0 Å². The van der Waals surface area contributed by atoms with Crippen molar-refractivity contribution in [3.05, 3.63) is 131 Å². The number of phenols is 1. The van der Waals surface area contributed by atoms with E-state index in [1.807, 2.05) is 0 Å². The Morgan fingerprint density at radius 2 is 1.06 bits per heavy atom. The molecule has 380 valence electrons. The second-order valence-electron chi connectivity index (χ2n) is 13.4. The first-order valence-corrected chi connectivity index (χ1v) is 26.1. The van der Waals surface area contributed by atoms with Gasteiger partial charge in [0.2, 0.25) is 0 Å². The number of azo groups is 3. The first kappa shape index (κ1) is 74.6. The molecule has 7 rings (SSSR count). The van der Waals surface area contributed by atoms with Gasteiger partial charge in [-0.3, -0.25) is 10.1 Å². The standard InChI is InChI=1S/C38H24N8O15S4.5Na.2O3S/c39-36-29(20-32(63(53,54)55)25-19-33(64(56,57)58)37(38(47)35(25)36)45-40-21-13-15-22(16-14-21)46(48)49)44-43-28-18-17-26(41-42-27-10-4-5-12-31(27)62(50,51)52)24-9-6-11-30(34(24)28)61-65(59,60)23-7-2-1-3-8-23;;;;;;2*1-4(2)3/h1-5,7-13,15-20,47H,39H2,(H,50,51,52)(H,53,54,55)(H,56,57,58);;;;;;;/q-2;5*+1;;/p-3. The van der Waals surface area contributed by atoms with E-state index in [-0.39, 0.29) is 186 Å². The van der Waals surface area contributed by atoms with Gasteiger partial charge in [0.1, 0.15) is 52.3 Å². The zero-order chi connectivity index (χ0) is 54.2. The van der Waals surface area contributed by atoms with Gasteiger partial charge in [0.05, 0.1) is 31.4 Å². The summed E-state index contributed by atoms with van der Waals surface area (Å²) in [4.78, 5) is 6.69. The minimum Gasteiger partial charge on any atom is -0.744 e. The van der Waals surface area contributed by atoms with Gasteiger partial charge in [-0.25, -0.2) is 25.3 Å². The third-order valence-corrected chi connectivity index (χ3v) is 12.7. The van der Waals surface area contributed by atoms with Crippen LogP contribution in [0.2, 0.25) is 0 Å². The number of hydrogen-bond acceptors (Lipinski definition) is 28. The number of aromatic hydroxyl groups is 1. The van der Waals surface area contributed by atoms with E-state index in [4.69, 9.17) is 35.2 Å². The Kier molecular flexibility index (Phi) is 30.3. The van der Waals surface area contributed by atoms with Crippen LogP contribution in [0.4, 0.5) is 45.5 Å². The Hall–Kier alpha value is -3.42. The predicted octanol–water partition coefficient (Wildman–Crippen LogP) is -9.47. The summed E-state index contributed by atoms with van der Waals surface area (Å²) in [6.07, 6.45) is 0. The minimum absolute atomic E-state index is 0. The molecule has 0 fully saturated rings. The third-order valence-electron chi connectivity index (χ3n) is 8.89. The van der Waals surface area contributed by atoms with Crippen molar-refractivity contribution < 1.29 is 235 Å². The fourth-order valence-corrected chi connectivity index (χ4v) is 8.89. The number of nitro benzene ring substituents is 1. The van der Waals surface area contributed by atoms with E-state index in [0.29, 0.717) is 12.1 Å². The molecule has 0 spiro atoms. The molecule has 0 aliphatic rings. The predicted molar refractivity (Wildman–Crippen MR) is 241 cm³/mol. The topological polar surface area (TPSA) is 481 Å². The Morgan fingerprint density at radius 3 is 1.60 bits per heavy atom. The van der Waals surface area contributed by atoms with E-state index in [2.05, 4.69) is 42.8 Å². The molecule has 0 atom stereocenters. The molecule has 3 N–H and O–H groups in total. The maximum Gasteiger partial charge on any atom is 1.00 e. The quantitative estimate of drug-likeness (QED) is 0.0158. The second kappa shape index (κ2) is 31.7. The average Bonchev–Trinajstić information content (AvgIpc) is 3.29. The molecule has 0 saturated heterocycles. The summed E-state index contributed by atoms with van der Waals surface area (Å²) in [5.74, 6) is -1.73. The van der Waals surface area contributed by atoms with Gasteiger partial charge < -0.3 is 28.7 Å². The number of nitro groups is 1. The Balaban J connectivity index is 0.00000427. The van der Waals surface area contributed by atoms with Gasteiger partial charge in [0.25, 0.3) is 0 Å². The van der Waals surface area contributed by atoms with E-state index < -0.39 is 126 Å². The van der Waals surface area contributed by atoms with Crippen LogP contribution in [0, 0.1) is 22.2 Å². The van der Waals surface area contributed by atoms with Crippen LogP contribution in [0.15, 0.2) is 159 Å². The molecule has 7 aromatic rings. The number of nitrogen functional groups attached to an aromatic ring is 1. The number of nitrogens with two attached hydrogens (primary N) is 1. The van der Waals surface area contributed by atoms with E-state index in [1.54, 1.807) is 6.07 Å². The maximum atomic E-state index is 13.4. The summed E-state index contributed by atoms with van der Waals surface area (Å²) in [7, 11) is -27.1. The summed E-state index contributed by atoms with van der Waals surface area (Å²) in [5.41, 5.74) is 2.50. The van der Waals surface area contributed by atoms with Crippen molar-refractivity contribution in [2.45, 2.75) is 19.6 Å². The van der Waals surface area contributed by atoms with Gasteiger partial charge in [-0.15, -0.1) is 53.7 Å². The van der Waals surface area contributed by atoms with Crippen LogP contribution in [-0.2, 0) is 61.7 Å². The van der Waals surface area contributed by atoms with Crippen LogP contribution >= 0.6 is 0 Å². The molecule has 78 heavy (non-hydrogen) atoms. The number of fused-ring (bicyclic) bond motifs is 2. The number of anilines is 1. The fourth-order valence-electron chi connectivity index (χ4n) is 6.01. The molecule has 7 aromatic carbocycles. The van der Waals surface area contributed by atoms with E-state index >= 15 is 0 Å². The number of benzene rings is 7. The Bertz CT molecular complexity index is 4160. The zero-order valence-corrected chi connectivity index (χ0v) is 55.1. The van der Waals surface area contributed by atoms with Gasteiger partial charge in [-0.05, 0) is 54.2 Å². The summed E-state index contributed by atoms with van der Waals surface area (Å²) in [6, 6.07) is 25.5.